The predicted octanol–water partition coefficient (Wildman–Crippen LogP) is 4.25. The largest absolute Gasteiger partial charge is 0.396 e. The van der Waals surface area contributed by atoms with Crippen LogP contribution in [-0.2, 0) is 0 Å². The van der Waals surface area contributed by atoms with Gasteiger partial charge in [-0.05, 0) is 41.8 Å². The minimum Gasteiger partial charge on any atom is -0.396 e. The van der Waals surface area contributed by atoms with Crippen LogP contribution in [0.2, 0.25) is 5.02 Å². The Morgan fingerprint density at radius 1 is 1.21 bits per heavy atom. The van der Waals surface area contributed by atoms with Gasteiger partial charge in [0.15, 0.2) is 0 Å². The Bertz CT molecular complexity index is 978. The number of aromatic nitrogens is 1. The van der Waals surface area contributed by atoms with Gasteiger partial charge in [-0.1, -0.05) is 29.8 Å². The molecule has 3 rings (SSSR count). The highest BCUT2D eigenvalue weighted by Gasteiger charge is 2.20. The van der Waals surface area contributed by atoms with E-state index in [1.54, 1.807) is 24.4 Å². The van der Waals surface area contributed by atoms with Crippen LogP contribution in [0.5, 0.6) is 0 Å². The van der Waals surface area contributed by atoms with Gasteiger partial charge in [-0.15, -0.1) is 11.3 Å². The van der Waals surface area contributed by atoms with E-state index >= 15 is 0 Å². The molecule has 0 aliphatic rings. The second-order valence-electron chi connectivity index (χ2n) is 6.17. The number of hydrogen-bond acceptors (Lipinski definition) is 7. The molecular weight excluding hydrogens is 435 g/mol. The zero-order valence-electron chi connectivity index (χ0n) is 15.1. The number of halogens is 2. The molecule has 5 nitrogen and oxygen atoms in total. The number of aliphatic hydroxyl groups is 2. The molecule has 0 bridgehead atoms. The van der Waals surface area contributed by atoms with E-state index in [9.17, 15) is 9.18 Å². The lowest BCUT2D eigenvalue weighted by atomic mass is 10.1. The van der Waals surface area contributed by atoms with Crippen LogP contribution in [0.15, 0.2) is 48.7 Å². The number of hydrogen-bond donors (Lipinski definition) is 3. The van der Waals surface area contributed by atoms with E-state index in [1.807, 2.05) is 12.1 Å². The molecule has 0 atom stereocenters. The molecule has 29 heavy (non-hydrogen) atoms. The van der Waals surface area contributed by atoms with Gasteiger partial charge >= 0.3 is 0 Å². The van der Waals surface area contributed by atoms with Gasteiger partial charge in [0, 0.05) is 42.5 Å². The molecule has 0 saturated heterocycles. The molecule has 1 heterocycles. The molecule has 0 spiro atoms. The number of thiazole rings is 1. The van der Waals surface area contributed by atoms with Crippen LogP contribution in [0, 0.1) is 11.7 Å². The SMILES string of the molecule is O=C(SNCC(CO)CO)c1cccc(F)c1-c1ncc(-c2ccc(Cl)cc2)s1. The van der Waals surface area contributed by atoms with Gasteiger partial charge in [-0.2, -0.15) is 0 Å². The van der Waals surface area contributed by atoms with Gasteiger partial charge < -0.3 is 10.2 Å². The average Bonchev–Trinajstić information content (AvgIpc) is 3.21. The van der Waals surface area contributed by atoms with Crippen molar-refractivity contribution in [2.75, 3.05) is 19.8 Å². The first-order valence-corrected chi connectivity index (χ1v) is 10.7. The van der Waals surface area contributed by atoms with E-state index in [4.69, 9.17) is 21.8 Å². The molecular formula is C20H18ClFN2O3S2. The van der Waals surface area contributed by atoms with Gasteiger partial charge in [0.2, 0.25) is 5.12 Å². The Hall–Kier alpha value is -1.81. The third kappa shape index (κ3) is 5.42. The standard InChI is InChI=1S/C20H18ClFN2O3S2/c21-14-6-4-13(5-7-14)17-9-23-19(28-17)18-15(2-1-3-16(18)22)20(27)29-24-8-12(10-25)11-26/h1-7,9,12,24-26H,8,10-11H2. The molecule has 0 unspecified atom stereocenters. The molecule has 0 radical (unpaired) electrons. The maximum atomic E-state index is 14.6. The fourth-order valence-corrected chi connectivity index (χ4v) is 4.35. The molecule has 0 aliphatic carbocycles. The second-order valence-corrected chi connectivity index (χ2v) is 8.50. The monoisotopic (exact) mass is 452 g/mol. The fraction of sp³-hybridized carbons (Fsp3) is 0.200. The summed E-state index contributed by atoms with van der Waals surface area (Å²) in [5.41, 5.74) is 1.25. The summed E-state index contributed by atoms with van der Waals surface area (Å²) in [6, 6.07) is 11.6. The van der Waals surface area contributed by atoms with Crippen molar-refractivity contribution in [2.45, 2.75) is 0 Å². The third-order valence-corrected chi connectivity index (χ3v) is 6.17. The predicted molar refractivity (Wildman–Crippen MR) is 116 cm³/mol. The average molecular weight is 453 g/mol. The van der Waals surface area contributed by atoms with E-state index in [1.165, 1.54) is 23.5 Å². The van der Waals surface area contributed by atoms with Gasteiger partial charge in [0.05, 0.1) is 10.4 Å². The summed E-state index contributed by atoms with van der Waals surface area (Å²) < 4.78 is 17.4. The van der Waals surface area contributed by atoms with Crippen molar-refractivity contribution in [2.24, 2.45) is 5.92 Å². The fourth-order valence-electron chi connectivity index (χ4n) is 2.52. The summed E-state index contributed by atoms with van der Waals surface area (Å²) in [5.74, 6) is -0.903. The zero-order chi connectivity index (χ0) is 20.8. The Balaban J connectivity index is 1.83. The molecule has 3 aromatic rings. The maximum absolute atomic E-state index is 14.6. The molecule has 0 amide bonds. The topological polar surface area (TPSA) is 82.5 Å². The number of nitrogens with one attached hydrogen (secondary N) is 1. The third-order valence-electron chi connectivity index (χ3n) is 4.14. The number of rotatable bonds is 8. The van der Waals surface area contributed by atoms with Crippen molar-refractivity contribution in [3.05, 3.63) is 65.1 Å². The summed E-state index contributed by atoms with van der Waals surface area (Å²) in [4.78, 5) is 17.8. The van der Waals surface area contributed by atoms with E-state index in [2.05, 4.69) is 9.71 Å². The summed E-state index contributed by atoms with van der Waals surface area (Å²) in [5, 5.41) is 18.8. The van der Waals surface area contributed by atoms with Crippen molar-refractivity contribution in [1.82, 2.24) is 9.71 Å². The van der Waals surface area contributed by atoms with Crippen LogP contribution in [0.25, 0.3) is 21.0 Å². The summed E-state index contributed by atoms with van der Waals surface area (Å²) in [7, 11) is 0. The van der Waals surface area contributed by atoms with E-state index in [-0.39, 0.29) is 41.9 Å². The lowest BCUT2D eigenvalue weighted by molar-refractivity contribution is 0.108. The van der Waals surface area contributed by atoms with E-state index in [0.717, 1.165) is 22.4 Å². The van der Waals surface area contributed by atoms with Crippen LogP contribution < -0.4 is 4.72 Å². The molecule has 0 saturated carbocycles. The quantitative estimate of drug-likeness (QED) is 0.443. The van der Waals surface area contributed by atoms with Gasteiger partial charge in [-0.3, -0.25) is 9.52 Å². The first-order chi connectivity index (χ1) is 14.0. The first kappa shape index (κ1) is 21.9. The van der Waals surface area contributed by atoms with Crippen LogP contribution in [0.1, 0.15) is 10.4 Å². The zero-order valence-corrected chi connectivity index (χ0v) is 17.5. The molecule has 3 N–H and O–H groups in total. The lowest BCUT2D eigenvalue weighted by Gasteiger charge is -2.11. The second kappa shape index (κ2) is 10.3. The Labute approximate surface area is 180 Å². The van der Waals surface area contributed by atoms with Crippen LogP contribution in [-0.4, -0.2) is 40.1 Å². The highest BCUT2D eigenvalue weighted by atomic mass is 35.5. The Morgan fingerprint density at radius 3 is 2.62 bits per heavy atom. The van der Waals surface area contributed by atoms with E-state index < -0.39 is 5.82 Å². The Morgan fingerprint density at radius 2 is 1.93 bits per heavy atom. The van der Waals surface area contributed by atoms with Crippen molar-refractivity contribution < 1.29 is 19.4 Å². The number of aliphatic hydroxyl groups excluding tert-OH is 2. The van der Waals surface area contributed by atoms with E-state index in [0.29, 0.717) is 10.0 Å². The molecule has 2 aromatic carbocycles. The van der Waals surface area contributed by atoms with Crippen molar-refractivity contribution in [1.29, 1.82) is 0 Å². The van der Waals surface area contributed by atoms with Crippen molar-refractivity contribution in [3.8, 4) is 21.0 Å². The van der Waals surface area contributed by atoms with Gasteiger partial charge in [0.25, 0.3) is 0 Å². The smallest absolute Gasteiger partial charge is 0.234 e. The Kier molecular flexibility index (Phi) is 7.77. The number of carbonyl (C=O) groups excluding carboxylic acids is 1. The molecule has 9 heteroatoms. The van der Waals surface area contributed by atoms with Gasteiger partial charge in [-0.25, -0.2) is 9.37 Å². The van der Waals surface area contributed by atoms with Crippen LogP contribution in [0.4, 0.5) is 4.39 Å². The molecule has 0 aliphatic heterocycles. The highest BCUT2D eigenvalue weighted by Crippen LogP contribution is 2.36. The van der Waals surface area contributed by atoms with Crippen molar-refractivity contribution >= 4 is 40.0 Å². The highest BCUT2D eigenvalue weighted by molar-refractivity contribution is 8.12. The normalized spacial score (nSPS) is 11.2. The molecule has 0 fully saturated rings. The molecule has 152 valence electrons. The summed E-state index contributed by atoms with van der Waals surface area (Å²) >= 11 is 8.00. The van der Waals surface area contributed by atoms with Gasteiger partial charge in [0.1, 0.15) is 10.8 Å². The lowest BCUT2D eigenvalue weighted by Crippen LogP contribution is -2.24. The minimum atomic E-state index is -0.531. The van der Waals surface area contributed by atoms with Crippen molar-refractivity contribution in [3.63, 3.8) is 0 Å². The molecule has 1 aromatic heterocycles. The van der Waals surface area contributed by atoms with Crippen LogP contribution in [0.3, 0.4) is 0 Å². The summed E-state index contributed by atoms with van der Waals surface area (Å²) in [6.45, 7) is -0.155. The minimum absolute atomic E-state index is 0.151. The maximum Gasteiger partial charge on any atom is 0.234 e. The number of carbonyl (C=O) groups is 1. The summed E-state index contributed by atoms with van der Waals surface area (Å²) in [6.07, 6.45) is 1.64. The van der Waals surface area contributed by atoms with Crippen LogP contribution >= 0.6 is 34.9 Å². The first-order valence-electron chi connectivity index (χ1n) is 8.70. The number of benzene rings is 2. The number of nitrogens with zero attached hydrogens (tertiary/aromatic N) is 1.